The van der Waals surface area contributed by atoms with E-state index in [0.717, 1.165) is 54.1 Å². The summed E-state index contributed by atoms with van der Waals surface area (Å²) in [5.41, 5.74) is 2.31. The Hall–Kier alpha value is -3.54. The molecule has 2 heterocycles. The van der Waals surface area contributed by atoms with Crippen LogP contribution in [0.3, 0.4) is 0 Å². The molecule has 8 heteroatoms. The highest BCUT2D eigenvalue weighted by Gasteiger charge is 2.34. The van der Waals surface area contributed by atoms with Crippen molar-refractivity contribution in [1.29, 1.82) is 0 Å². The van der Waals surface area contributed by atoms with Crippen molar-refractivity contribution in [2.75, 3.05) is 40.8 Å². The minimum atomic E-state index is -0.805. The highest BCUT2D eigenvalue weighted by atomic mass is 19.1. The monoisotopic (exact) mass is 521 g/mol. The molecule has 0 spiro atoms. The van der Waals surface area contributed by atoms with Crippen LogP contribution in [0.15, 0.2) is 48.7 Å². The Labute approximate surface area is 222 Å². The van der Waals surface area contributed by atoms with Crippen LogP contribution < -0.4 is 4.74 Å². The lowest BCUT2D eigenvalue weighted by Gasteiger charge is -2.37. The second-order valence-electron chi connectivity index (χ2n) is 10.0. The number of carboxylic acids is 1. The standard InChI is InChI=1S/C30H33F2N3O3/c1-34(2)29(25-10-12-33-28-8-7-24(38-3)18-26(25)28)9-6-21-11-14-35(19-27(21)30(36)37)13-4-5-20-15-22(31)17-23(32)16-20/h7-8,10,12,15-18,21,27,29H,6,9,11,13-14,19H2,1-3H3,(H,36,37)/t21-,27+,29+/m1/s1. The predicted octanol–water partition coefficient (Wildman–Crippen LogP) is 4.98. The van der Waals surface area contributed by atoms with Crippen molar-refractivity contribution in [1.82, 2.24) is 14.8 Å². The van der Waals surface area contributed by atoms with Crippen LogP contribution in [0, 0.1) is 35.3 Å². The number of aliphatic carboxylic acids is 1. The fourth-order valence-corrected chi connectivity index (χ4v) is 5.34. The van der Waals surface area contributed by atoms with E-state index < -0.39 is 23.5 Å². The third kappa shape index (κ3) is 6.66. The van der Waals surface area contributed by atoms with Gasteiger partial charge in [-0.25, -0.2) is 8.78 Å². The zero-order valence-electron chi connectivity index (χ0n) is 22.0. The summed E-state index contributed by atoms with van der Waals surface area (Å²) in [5.74, 6) is 3.88. The average Bonchev–Trinajstić information content (AvgIpc) is 2.88. The van der Waals surface area contributed by atoms with Gasteiger partial charge in [0.25, 0.3) is 0 Å². The number of hydrogen-bond donors (Lipinski definition) is 1. The molecule has 3 aromatic rings. The van der Waals surface area contributed by atoms with Gasteiger partial charge in [0.2, 0.25) is 0 Å². The number of piperidine rings is 1. The maximum absolute atomic E-state index is 13.4. The quantitative estimate of drug-likeness (QED) is 0.422. The topological polar surface area (TPSA) is 65.9 Å². The normalized spacial score (nSPS) is 18.7. The number of rotatable bonds is 8. The first-order chi connectivity index (χ1) is 18.2. The second-order valence-corrected chi connectivity index (χ2v) is 10.0. The number of nitrogens with zero attached hydrogens (tertiary/aromatic N) is 3. The van der Waals surface area contributed by atoms with Gasteiger partial charge in [0, 0.05) is 35.8 Å². The first-order valence-electron chi connectivity index (χ1n) is 12.7. The molecular weight excluding hydrogens is 488 g/mol. The summed E-state index contributed by atoms with van der Waals surface area (Å²) in [6.45, 7) is 1.47. The molecular formula is C30H33F2N3O3. The van der Waals surface area contributed by atoms with E-state index in [2.05, 4.69) is 21.7 Å². The number of halogens is 2. The van der Waals surface area contributed by atoms with Gasteiger partial charge in [0.1, 0.15) is 17.4 Å². The molecule has 1 saturated heterocycles. The second kappa shape index (κ2) is 12.3. The number of benzene rings is 2. The molecule has 6 nitrogen and oxygen atoms in total. The van der Waals surface area contributed by atoms with Gasteiger partial charge >= 0.3 is 5.97 Å². The number of carboxylic acid groups (broad SMARTS) is 1. The molecule has 1 N–H and O–H groups in total. The molecule has 0 aliphatic carbocycles. The van der Waals surface area contributed by atoms with E-state index in [9.17, 15) is 18.7 Å². The van der Waals surface area contributed by atoms with Gasteiger partial charge in [0.15, 0.2) is 0 Å². The first-order valence-corrected chi connectivity index (χ1v) is 12.7. The van der Waals surface area contributed by atoms with Crippen molar-refractivity contribution < 1.29 is 23.4 Å². The highest BCUT2D eigenvalue weighted by Crippen LogP contribution is 2.35. The number of likely N-dealkylation sites (tertiary alicyclic amines) is 1. The molecule has 0 saturated carbocycles. The number of aromatic nitrogens is 1. The van der Waals surface area contributed by atoms with Gasteiger partial charge in [-0.05, 0) is 87.8 Å². The van der Waals surface area contributed by atoms with E-state index in [1.807, 2.05) is 49.5 Å². The van der Waals surface area contributed by atoms with Crippen LogP contribution in [0.5, 0.6) is 5.75 Å². The molecule has 0 radical (unpaired) electrons. The maximum atomic E-state index is 13.4. The number of ether oxygens (including phenoxy) is 1. The molecule has 1 aliphatic rings. The van der Waals surface area contributed by atoms with Gasteiger partial charge in [-0.2, -0.15) is 0 Å². The van der Waals surface area contributed by atoms with Crippen molar-refractivity contribution in [2.45, 2.75) is 25.3 Å². The van der Waals surface area contributed by atoms with Gasteiger partial charge in [-0.3, -0.25) is 14.7 Å². The minimum Gasteiger partial charge on any atom is -0.497 e. The van der Waals surface area contributed by atoms with Crippen LogP contribution in [0.4, 0.5) is 8.78 Å². The van der Waals surface area contributed by atoms with E-state index in [1.54, 1.807) is 7.11 Å². The smallest absolute Gasteiger partial charge is 0.308 e. The zero-order valence-corrected chi connectivity index (χ0v) is 22.0. The molecule has 200 valence electrons. The van der Waals surface area contributed by atoms with Crippen molar-refractivity contribution >= 4 is 16.9 Å². The van der Waals surface area contributed by atoms with Crippen LogP contribution >= 0.6 is 0 Å². The van der Waals surface area contributed by atoms with Crippen LogP contribution in [-0.4, -0.2) is 66.7 Å². The van der Waals surface area contributed by atoms with Crippen molar-refractivity contribution in [3.05, 3.63) is 71.4 Å². The molecule has 0 unspecified atom stereocenters. The third-order valence-corrected chi connectivity index (χ3v) is 7.33. The van der Waals surface area contributed by atoms with Gasteiger partial charge in [0.05, 0.1) is 25.1 Å². The lowest BCUT2D eigenvalue weighted by Crippen LogP contribution is -2.44. The zero-order chi connectivity index (χ0) is 27.2. The van der Waals surface area contributed by atoms with E-state index in [0.29, 0.717) is 13.1 Å². The largest absolute Gasteiger partial charge is 0.497 e. The number of methoxy groups -OCH3 is 1. The summed E-state index contributed by atoms with van der Waals surface area (Å²) in [6.07, 6.45) is 4.15. The molecule has 2 aromatic carbocycles. The summed E-state index contributed by atoms with van der Waals surface area (Å²) in [6, 6.07) is 11.2. The lowest BCUT2D eigenvalue weighted by atomic mass is 9.80. The summed E-state index contributed by atoms with van der Waals surface area (Å²) >= 11 is 0. The van der Waals surface area contributed by atoms with Gasteiger partial charge in [-0.15, -0.1) is 0 Å². The van der Waals surface area contributed by atoms with E-state index in [-0.39, 0.29) is 17.5 Å². The average molecular weight is 522 g/mol. The van der Waals surface area contributed by atoms with E-state index in [1.165, 1.54) is 12.1 Å². The Balaban J connectivity index is 1.44. The molecule has 1 fully saturated rings. The van der Waals surface area contributed by atoms with Gasteiger partial charge < -0.3 is 14.7 Å². The van der Waals surface area contributed by atoms with E-state index in [4.69, 9.17) is 4.74 Å². The molecule has 4 rings (SSSR count). The summed E-state index contributed by atoms with van der Waals surface area (Å²) in [4.78, 5) is 20.9. The predicted molar refractivity (Wildman–Crippen MR) is 143 cm³/mol. The van der Waals surface area contributed by atoms with Gasteiger partial charge in [-0.1, -0.05) is 11.8 Å². The Morgan fingerprint density at radius 3 is 2.66 bits per heavy atom. The van der Waals surface area contributed by atoms with Crippen LogP contribution in [0.1, 0.15) is 36.4 Å². The first kappa shape index (κ1) is 27.5. The maximum Gasteiger partial charge on any atom is 0.308 e. The summed E-state index contributed by atoms with van der Waals surface area (Å²) < 4.78 is 32.2. The van der Waals surface area contributed by atoms with Crippen LogP contribution in [-0.2, 0) is 4.79 Å². The molecule has 1 aliphatic heterocycles. The van der Waals surface area contributed by atoms with Crippen molar-refractivity contribution in [2.24, 2.45) is 11.8 Å². The number of carbonyl (C=O) groups is 1. The minimum absolute atomic E-state index is 0.0408. The third-order valence-electron chi connectivity index (χ3n) is 7.33. The summed E-state index contributed by atoms with van der Waals surface area (Å²) in [5, 5.41) is 11.0. The fourth-order valence-electron chi connectivity index (χ4n) is 5.34. The molecule has 0 bridgehead atoms. The number of pyridine rings is 1. The highest BCUT2D eigenvalue weighted by molar-refractivity contribution is 5.84. The molecule has 1 aromatic heterocycles. The Kier molecular flexibility index (Phi) is 8.93. The lowest BCUT2D eigenvalue weighted by molar-refractivity contribution is -0.146. The van der Waals surface area contributed by atoms with Crippen molar-refractivity contribution in [3.63, 3.8) is 0 Å². The van der Waals surface area contributed by atoms with E-state index >= 15 is 0 Å². The summed E-state index contributed by atoms with van der Waals surface area (Å²) in [7, 11) is 5.72. The Morgan fingerprint density at radius 2 is 1.97 bits per heavy atom. The fraction of sp³-hybridized carbons (Fsp3) is 0.400. The molecule has 3 atom stereocenters. The van der Waals surface area contributed by atoms with Crippen molar-refractivity contribution in [3.8, 4) is 17.6 Å². The SMILES string of the molecule is COc1ccc2nccc([C@H](CC[C@@H]3CCN(CC#Cc4cc(F)cc(F)c4)C[C@@H]3C(=O)O)N(C)C)c2c1. The van der Waals surface area contributed by atoms with Crippen LogP contribution in [0.2, 0.25) is 0 Å². The molecule has 0 amide bonds. The number of hydrogen-bond acceptors (Lipinski definition) is 5. The van der Waals surface area contributed by atoms with Crippen LogP contribution in [0.25, 0.3) is 10.9 Å². The molecule has 38 heavy (non-hydrogen) atoms. The Morgan fingerprint density at radius 1 is 1.21 bits per heavy atom. The number of fused-ring (bicyclic) bond motifs is 1. The Bertz CT molecular complexity index is 1330.